The molecule has 17 heavy (non-hydrogen) atoms. The number of carbonyl (C=O) groups excluding carboxylic acids is 1. The number of carbonyl (C=O) groups is 2. The third-order valence-electron chi connectivity index (χ3n) is 2.22. The fourth-order valence-electron chi connectivity index (χ4n) is 1.33. The Hall–Kier alpha value is -1.49. The maximum Gasteiger partial charge on any atom is 0.303 e. The molecule has 5 nitrogen and oxygen atoms in total. The summed E-state index contributed by atoms with van der Waals surface area (Å²) in [6.07, 6.45) is 3.66. The first-order valence-electron chi connectivity index (χ1n) is 5.34. The summed E-state index contributed by atoms with van der Waals surface area (Å²) in [6.45, 7) is 0.500. The second-order valence-corrected chi connectivity index (χ2v) is 3.91. The van der Waals surface area contributed by atoms with Crippen LogP contribution in [0.15, 0.2) is 16.7 Å². The fraction of sp³-hybridized carbons (Fsp3) is 0.455. The maximum atomic E-state index is 11.5. The molecule has 0 saturated heterocycles. The molecule has 1 aromatic heterocycles. The lowest BCUT2D eigenvalue weighted by Gasteiger charge is -2.03. The molecule has 1 rings (SSSR count). The number of halogens is 1. The Morgan fingerprint density at radius 2 is 2.12 bits per heavy atom. The first kappa shape index (κ1) is 13.6. The van der Waals surface area contributed by atoms with E-state index in [9.17, 15) is 9.59 Å². The molecule has 1 aromatic rings. The van der Waals surface area contributed by atoms with Crippen molar-refractivity contribution in [2.75, 3.05) is 6.54 Å². The molecule has 2 N–H and O–H groups in total. The summed E-state index contributed by atoms with van der Waals surface area (Å²) in [5, 5.41) is 11.2. The Morgan fingerprint density at radius 3 is 2.71 bits per heavy atom. The number of carboxylic acid groups (broad SMARTS) is 1. The topological polar surface area (TPSA) is 79.5 Å². The van der Waals surface area contributed by atoms with E-state index in [4.69, 9.17) is 21.1 Å². The van der Waals surface area contributed by atoms with Crippen LogP contribution in [0.1, 0.15) is 36.0 Å². The van der Waals surface area contributed by atoms with Crippen LogP contribution >= 0.6 is 11.6 Å². The number of unbranched alkanes of at least 4 members (excludes halogenated alkanes) is 2. The molecule has 94 valence electrons. The second-order valence-electron chi connectivity index (χ2n) is 3.57. The van der Waals surface area contributed by atoms with Gasteiger partial charge in [-0.15, -0.1) is 0 Å². The van der Waals surface area contributed by atoms with Gasteiger partial charge in [0.1, 0.15) is 0 Å². The first-order valence-corrected chi connectivity index (χ1v) is 5.72. The highest BCUT2D eigenvalue weighted by molar-refractivity contribution is 6.32. The molecule has 1 heterocycles. The van der Waals surface area contributed by atoms with Gasteiger partial charge in [-0.25, -0.2) is 0 Å². The molecule has 0 radical (unpaired) electrons. The van der Waals surface area contributed by atoms with Crippen molar-refractivity contribution in [3.8, 4) is 0 Å². The SMILES string of the molecule is O=C(O)CCCCCNC(=O)c1ccoc1Cl. The maximum absolute atomic E-state index is 11.5. The summed E-state index contributed by atoms with van der Waals surface area (Å²) in [7, 11) is 0. The van der Waals surface area contributed by atoms with Crippen LogP contribution in [0, 0.1) is 0 Å². The molecule has 0 aliphatic carbocycles. The minimum atomic E-state index is -0.792. The van der Waals surface area contributed by atoms with Crippen molar-refractivity contribution in [2.24, 2.45) is 0 Å². The number of carboxylic acids is 1. The Kier molecular flexibility index (Phi) is 5.56. The van der Waals surface area contributed by atoms with Gasteiger partial charge in [-0.05, 0) is 30.5 Å². The highest BCUT2D eigenvalue weighted by Gasteiger charge is 2.11. The zero-order valence-corrected chi connectivity index (χ0v) is 10.00. The molecule has 0 bridgehead atoms. The summed E-state index contributed by atoms with van der Waals surface area (Å²) < 4.78 is 4.80. The lowest BCUT2D eigenvalue weighted by molar-refractivity contribution is -0.137. The van der Waals surface area contributed by atoms with Crippen LogP contribution < -0.4 is 5.32 Å². The van der Waals surface area contributed by atoms with Crippen molar-refractivity contribution in [3.63, 3.8) is 0 Å². The summed E-state index contributed by atoms with van der Waals surface area (Å²) in [5.74, 6) is -1.07. The second kappa shape index (κ2) is 6.96. The van der Waals surface area contributed by atoms with Gasteiger partial charge in [0.05, 0.1) is 11.8 Å². The van der Waals surface area contributed by atoms with Crippen LogP contribution in [-0.2, 0) is 4.79 Å². The van der Waals surface area contributed by atoms with E-state index in [0.29, 0.717) is 18.5 Å². The molecule has 0 aliphatic heterocycles. The number of nitrogens with one attached hydrogen (secondary N) is 1. The average Bonchev–Trinajstić information content (AvgIpc) is 2.69. The predicted octanol–water partition coefficient (Wildman–Crippen LogP) is 2.31. The molecule has 6 heteroatoms. The Labute approximate surface area is 104 Å². The largest absolute Gasteiger partial charge is 0.481 e. The van der Waals surface area contributed by atoms with Crippen LogP contribution in [0.25, 0.3) is 0 Å². The Bertz CT molecular complexity index is 389. The lowest BCUT2D eigenvalue weighted by atomic mass is 10.2. The Balaban J connectivity index is 2.13. The van der Waals surface area contributed by atoms with E-state index in [1.54, 1.807) is 0 Å². The van der Waals surface area contributed by atoms with Crippen LogP contribution in [-0.4, -0.2) is 23.5 Å². The quantitative estimate of drug-likeness (QED) is 0.737. The van der Waals surface area contributed by atoms with Crippen LogP contribution in [0.5, 0.6) is 0 Å². The summed E-state index contributed by atoms with van der Waals surface area (Å²) >= 11 is 5.64. The summed E-state index contributed by atoms with van der Waals surface area (Å²) in [5.41, 5.74) is 0.317. The number of furan rings is 1. The van der Waals surface area contributed by atoms with Gasteiger partial charge in [0.25, 0.3) is 5.91 Å². The Morgan fingerprint density at radius 1 is 1.35 bits per heavy atom. The van der Waals surface area contributed by atoms with E-state index < -0.39 is 5.97 Å². The lowest BCUT2D eigenvalue weighted by Crippen LogP contribution is -2.24. The molecule has 0 unspecified atom stereocenters. The van der Waals surface area contributed by atoms with Gasteiger partial charge in [-0.3, -0.25) is 9.59 Å². The molecule has 1 amide bonds. The van der Waals surface area contributed by atoms with Gasteiger partial charge in [-0.2, -0.15) is 0 Å². The van der Waals surface area contributed by atoms with Gasteiger partial charge in [0, 0.05) is 13.0 Å². The minimum Gasteiger partial charge on any atom is -0.481 e. The third kappa shape index (κ3) is 4.91. The van der Waals surface area contributed by atoms with E-state index in [1.807, 2.05) is 0 Å². The van der Waals surface area contributed by atoms with Gasteiger partial charge in [0.15, 0.2) is 0 Å². The molecule has 0 atom stereocenters. The average molecular weight is 260 g/mol. The smallest absolute Gasteiger partial charge is 0.303 e. The monoisotopic (exact) mass is 259 g/mol. The van der Waals surface area contributed by atoms with E-state index in [-0.39, 0.29) is 17.5 Å². The van der Waals surface area contributed by atoms with Gasteiger partial charge in [0.2, 0.25) is 5.22 Å². The predicted molar refractivity (Wildman–Crippen MR) is 62.2 cm³/mol. The van der Waals surface area contributed by atoms with Gasteiger partial charge < -0.3 is 14.8 Å². The molecule has 0 aliphatic rings. The van der Waals surface area contributed by atoms with Crippen molar-refractivity contribution in [2.45, 2.75) is 25.7 Å². The molecule has 0 fully saturated rings. The highest BCUT2D eigenvalue weighted by atomic mass is 35.5. The van der Waals surface area contributed by atoms with Crippen LogP contribution in [0.2, 0.25) is 5.22 Å². The molecular formula is C11H14ClNO4. The summed E-state index contributed by atoms with van der Waals surface area (Å²) in [6, 6.07) is 1.50. The fourth-order valence-corrected chi connectivity index (χ4v) is 1.53. The number of amides is 1. The third-order valence-corrected chi connectivity index (χ3v) is 2.51. The van der Waals surface area contributed by atoms with Crippen LogP contribution in [0.3, 0.4) is 0 Å². The number of hydrogen-bond donors (Lipinski definition) is 2. The van der Waals surface area contributed by atoms with E-state index >= 15 is 0 Å². The number of aliphatic carboxylic acids is 1. The van der Waals surface area contributed by atoms with Crippen molar-refractivity contribution >= 4 is 23.5 Å². The molecule has 0 aromatic carbocycles. The normalized spacial score (nSPS) is 10.2. The van der Waals surface area contributed by atoms with E-state index in [1.165, 1.54) is 12.3 Å². The minimum absolute atomic E-state index is 0.0772. The molecule has 0 saturated carbocycles. The van der Waals surface area contributed by atoms with Crippen LogP contribution in [0.4, 0.5) is 0 Å². The van der Waals surface area contributed by atoms with Gasteiger partial charge in [-0.1, -0.05) is 6.42 Å². The standard InChI is InChI=1S/C11H14ClNO4/c12-10-8(5-7-17-10)11(16)13-6-3-1-2-4-9(14)15/h5,7H,1-4,6H2,(H,13,16)(H,14,15). The first-order chi connectivity index (χ1) is 8.11. The van der Waals surface area contributed by atoms with E-state index in [0.717, 1.165) is 12.8 Å². The van der Waals surface area contributed by atoms with Crippen molar-refractivity contribution in [3.05, 3.63) is 23.1 Å². The summed E-state index contributed by atoms with van der Waals surface area (Å²) in [4.78, 5) is 21.8. The van der Waals surface area contributed by atoms with Crippen molar-refractivity contribution < 1.29 is 19.1 Å². The number of rotatable bonds is 7. The highest BCUT2D eigenvalue weighted by Crippen LogP contribution is 2.16. The number of hydrogen-bond acceptors (Lipinski definition) is 3. The molecule has 0 spiro atoms. The van der Waals surface area contributed by atoms with E-state index in [2.05, 4.69) is 5.32 Å². The van der Waals surface area contributed by atoms with Crippen molar-refractivity contribution in [1.29, 1.82) is 0 Å². The van der Waals surface area contributed by atoms with Crippen molar-refractivity contribution in [1.82, 2.24) is 5.32 Å². The van der Waals surface area contributed by atoms with Gasteiger partial charge >= 0.3 is 5.97 Å². The zero-order valence-electron chi connectivity index (χ0n) is 9.24. The zero-order chi connectivity index (χ0) is 12.7. The molecular weight excluding hydrogens is 246 g/mol.